The third-order valence-electron chi connectivity index (χ3n) is 2.45. The predicted octanol–water partition coefficient (Wildman–Crippen LogP) is 3.31. The minimum absolute atomic E-state index is 0.122. The number of carbonyl (C=O) groups excluding carboxylic acids is 1. The molecule has 0 bridgehead atoms. The molecule has 0 saturated heterocycles. The second kappa shape index (κ2) is 12.1. The standard InChI is InChI=1S/C14H24O4/c1-2-3-4-5-6-9-12-18-14(17)11-8-7-10-13(15)16/h3-4H,2,5-12H2,1H3,(H,15,16). The summed E-state index contributed by atoms with van der Waals surface area (Å²) in [6, 6.07) is 0. The van der Waals surface area contributed by atoms with Crippen LogP contribution >= 0.6 is 0 Å². The Kier molecular flexibility index (Phi) is 11.3. The molecule has 0 aliphatic carbocycles. The lowest BCUT2D eigenvalue weighted by Gasteiger charge is -2.03. The zero-order chi connectivity index (χ0) is 13.6. The van der Waals surface area contributed by atoms with Gasteiger partial charge in [0.1, 0.15) is 0 Å². The summed E-state index contributed by atoms with van der Waals surface area (Å²) >= 11 is 0. The summed E-state index contributed by atoms with van der Waals surface area (Å²) in [6.07, 6.45) is 9.85. The van der Waals surface area contributed by atoms with E-state index in [1.54, 1.807) is 0 Å². The zero-order valence-corrected chi connectivity index (χ0v) is 11.2. The van der Waals surface area contributed by atoms with E-state index in [2.05, 4.69) is 19.1 Å². The maximum atomic E-state index is 11.2. The molecule has 0 spiro atoms. The van der Waals surface area contributed by atoms with Crippen molar-refractivity contribution in [3.05, 3.63) is 12.2 Å². The smallest absolute Gasteiger partial charge is 0.305 e. The fraction of sp³-hybridized carbons (Fsp3) is 0.714. The molecule has 0 aromatic rings. The molecular weight excluding hydrogens is 232 g/mol. The molecule has 0 unspecified atom stereocenters. The van der Waals surface area contributed by atoms with E-state index >= 15 is 0 Å². The lowest BCUT2D eigenvalue weighted by atomic mass is 10.2. The molecular formula is C14H24O4. The van der Waals surface area contributed by atoms with Gasteiger partial charge in [-0.2, -0.15) is 0 Å². The second-order valence-electron chi connectivity index (χ2n) is 4.20. The van der Waals surface area contributed by atoms with Gasteiger partial charge < -0.3 is 9.84 Å². The predicted molar refractivity (Wildman–Crippen MR) is 70.3 cm³/mol. The van der Waals surface area contributed by atoms with Crippen LogP contribution in [-0.4, -0.2) is 23.7 Å². The van der Waals surface area contributed by atoms with Crippen LogP contribution in [0.5, 0.6) is 0 Å². The molecule has 0 rings (SSSR count). The molecule has 0 amide bonds. The third-order valence-corrected chi connectivity index (χ3v) is 2.45. The summed E-state index contributed by atoms with van der Waals surface area (Å²) in [7, 11) is 0. The molecule has 0 aromatic heterocycles. The van der Waals surface area contributed by atoms with Crippen LogP contribution < -0.4 is 0 Å². The first-order chi connectivity index (χ1) is 8.66. The number of esters is 1. The van der Waals surface area contributed by atoms with E-state index in [9.17, 15) is 9.59 Å². The Labute approximate surface area is 109 Å². The van der Waals surface area contributed by atoms with Gasteiger partial charge in [0, 0.05) is 12.8 Å². The van der Waals surface area contributed by atoms with Gasteiger partial charge in [-0.15, -0.1) is 0 Å². The average Bonchev–Trinajstić information content (AvgIpc) is 2.33. The molecule has 0 aliphatic heterocycles. The highest BCUT2D eigenvalue weighted by atomic mass is 16.5. The van der Waals surface area contributed by atoms with Crippen molar-refractivity contribution >= 4 is 11.9 Å². The highest BCUT2D eigenvalue weighted by Crippen LogP contribution is 2.03. The molecule has 0 fully saturated rings. The van der Waals surface area contributed by atoms with Crippen molar-refractivity contribution in [2.75, 3.05) is 6.61 Å². The molecule has 0 radical (unpaired) electrons. The number of ether oxygens (including phenoxy) is 1. The number of aliphatic carboxylic acids is 1. The molecule has 0 aliphatic rings. The maximum absolute atomic E-state index is 11.2. The Bertz CT molecular complexity index is 259. The number of carboxylic acid groups (broad SMARTS) is 1. The Balaban J connectivity index is 3.26. The molecule has 18 heavy (non-hydrogen) atoms. The van der Waals surface area contributed by atoms with E-state index in [4.69, 9.17) is 9.84 Å². The Hall–Kier alpha value is -1.32. The van der Waals surface area contributed by atoms with Crippen LogP contribution in [0.4, 0.5) is 0 Å². The first kappa shape index (κ1) is 16.7. The molecule has 4 heteroatoms. The lowest BCUT2D eigenvalue weighted by molar-refractivity contribution is -0.144. The van der Waals surface area contributed by atoms with Crippen molar-refractivity contribution in [2.24, 2.45) is 0 Å². The van der Waals surface area contributed by atoms with Gasteiger partial charge in [-0.1, -0.05) is 19.1 Å². The van der Waals surface area contributed by atoms with Crippen molar-refractivity contribution in [1.82, 2.24) is 0 Å². The molecule has 0 aromatic carbocycles. The largest absolute Gasteiger partial charge is 0.481 e. The van der Waals surface area contributed by atoms with E-state index in [1.165, 1.54) is 0 Å². The number of hydrogen-bond donors (Lipinski definition) is 1. The van der Waals surface area contributed by atoms with Gasteiger partial charge in [-0.3, -0.25) is 9.59 Å². The van der Waals surface area contributed by atoms with Gasteiger partial charge in [0.05, 0.1) is 6.61 Å². The highest BCUT2D eigenvalue weighted by molar-refractivity contribution is 5.69. The van der Waals surface area contributed by atoms with Gasteiger partial charge in [-0.25, -0.2) is 0 Å². The number of allylic oxidation sites excluding steroid dienone is 2. The number of hydrogen-bond acceptors (Lipinski definition) is 3. The third kappa shape index (κ3) is 12.7. The van der Waals surface area contributed by atoms with Gasteiger partial charge in [0.2, 0.25) is 0 Å². The molecule has 1 N–H and O–H groups in total. The normalized spacial score (nSPS) is 10.7. The molecule has 0 atom stereocenters. The second-order valence-corrected chi connectivity index (χ2v) is 4.20. The maximum Gasteiger partial charge on any atom is 0.305 e. The summed E-state index contributed by atoms with van der Waals surface area (Å²) in [6.45, 7) is 2.57. The lowest BCUT2D eigenvalue weighted by Crippen LogP contribution is -2.06. The van der Waals surface area contributed by atoms with Crippen LogP contribution in [-0.2, 0) is 14.3 Å². The quantitative estimate of drug-likeness (QED) is 0.350. The van der Waals surface area contributed by atoms with E-state index in [0.29, 0.717) is 25.9 Å². The summed E-state index contributed by atoms with van der Waals surface area (Å²) in [4.78, 5) is 21.5. The van der Waals surface area contributed by atoms with E-state index in [1.807, 2.05) is 0 Å². The molecule has 0 saturated carbocycles. The SMILES string of the molecule is CCC=CCCCCOC(=O)CCCCC(=O)O. The van der Waals surface area contributed by atoms with E-state index in [-0.39, 0.29) is 12.4 Å². The number of rotatable bonds is 11. The first-order valence-corrected chi connectivity index (χ1v) is 6.69. The van der Waals surface area contributed by atoms with E-state index < -0.39 is 5.97 Å². The van der Waals surface area contributed by atoms with E-state index in [0.717, 1.165) is 25.7 Å². The van der Waals surface area contributed by atoms with Crippen LogP contribution in [0.3, 0.4) is 0 Å². The monoisotopic (exact) mass is 256 g/mol. The van der Waals surface area contributed by atoms with Gasteiger partial charge in [-0.05, 0) is 38.5 Å². The molecule has 104 valence electrons. The topological polar surface area (TPSA) is 63.6 Å². The summed E-state index contributed by atoms with van der Waals surface area (Å²) < 4.78 is 5.05. The minimum atomic E-state index is -0.816. The van der Waals surface area contributed by atoms with Crippen molar-refractivity contribution in [1.29, 1.82) is 0 Å². The fourth-order valence-electron chi connectivity index (χ4n) is 1.45. The highest BCUT2D eigenvalue weighted by Gasteiger charge is 2.03. The first-order valence-electron chi connectivity index (χ1n) is 6.69. The van der Waals surface area contributed by atoms with Gasteiger partial charge in [0.25, 0.3) is 0 Å². The summed E-state index contributed by atoms with van der Waals surface area (Å²) in [5.41, 5.74) is 0. The number of unbranched alkanes of at least 4 members (excludes halogenated alkanes) is 3. The van der Waals surface area contributed by atoms with Gasteiger partial charge in [0.15, 0.2) is 0 Å². The minimum Gasteiger partial charge on any atom is -0.481 e. The number of carbonyl (C=O) groups is 2. The van der Waals surface area contributed by atoms with Crippen LogP contribution in [0.2, 0.25) is 0 Å². The Morgan fingerprint density at radius 2 is 1.78 bits per heavy atom. The number of carboxylic acids is 1. The molecule has 0 heterocycles. The Morgan fingerprint density at radius 1 is 1.06 bits per heavy atom. The van der Waals surface area contributed by atoms with Crippen molar-refractivity contribution < 1.29 is 19.4 Å². The van der Waals surface area contributed by atoms with Crippen molar-refractivity contribution in [2.45, 2.75) is 58.3 Å². The van der Waals surface area contributed by atoms with Crippen molar-refractivity contribution in [3.8, 4) is 0 Å². The molecule has 4 nitrogen and oxygen atoms in total. The van der Waals surface area contributed by atoms with Gasteiger partial charge >= 0.3 is 11.9 Å². The van der Waals surface area contributed by atoms with Crippen LogP contribution in [0.1, 0.15) is 58.3 Å². The van der Waals surface area contributed by atoms with Crippen LogP contribution in [0, 0.1) is 0 Å². The average molecular weight is 256 g/mol. The fourth-order valence-corrected chi connectivity index (χ4v) is 1.45. The van der Waals surface area contributed by atoms with Crippen LogP contribution in [0.15, 0.2) is 12.2 Å². The Morgan fingerprint density at radius 3 is 2.44 bits per heavy atom. The van der Waals surface area contributed by atoms with Crippen molar-refractivity contribution in [3.63, 3.8) is 0 Å². The summed E-state index contributed by atoms with van der Waals surface area (Å²) in [5.74, 6) is -1.03. The van der Waals surface area contributed by atoms with Crippen LogP contribution in [0.25, 0.3) is 0 Å². The zero-order valence-electron chi connectivity index (χ0n) is 11.2. The summed E-state index contributed by atoms with van der Waals surface area (Å²) in [5, 5.41) is 8.42.